The van der Waals surface area contributed by atoms with E-state index < -0.39 is 11.2 Å². The highest BCUT2D eigenvalue weighted by Crippen LogP contribution is 2.27. The van der Waals surface area contributed by atoms with Crippen LogP contribution in [0.1, 0.15) is 36.6 Å². The number of rotatable bonds is 7. The zero-order chi connectivity index (χ0) is 26.0. The zero-order valence-electron chi connectivity index (χ0n) is 20.7. The minimum absolute atomic E-state index is 0.0656. The fraction of sp³-hybridized carbons (Fsp3) is 0.259. The Morgan fingerprint density at radius 2 is 1.83 bits per heavy atom. The Hall–Kier alpha value is -3.75. The zero-order valence-corrected chi connectivity index (χ0v) is 21.5. The lowest BCUT2D eigenvalue weighted by Gasteiger charge is -2.18. The van der Waals surface area contributed by atoms with E-state index in [-0.39, 0.29) is 17.5 Å². The van der Waals surface area contributed by atoms with Gasteiger partial charge in [0.05, 0.1) is 18.5 Å². The van der Waals surface area contributed by atoms with Gasteiger partial charge in [-0.2, -0.15) is 4.98 Å². The second-order valence-corrected chi connectivity index (χ2v) is 9.27. The maximum Gasteiger partial charge on any atom is 0.280 e. The Kier molecular flexibility index (Phi) is 7.10. The lowest BCUT2D eigenvalue weighted by molar-refractivity contribution is 0.0688. The molecule has 4 rings (SSSR count). The van der Waals surface area contributed by atoms with Gasteiger partial charge in [-0.05, 0) is 63.1 Å². The van der Waals surface area contributed by atoms with Gasteiger partial charge in [0.15, 0.2) is 10.8 Å². The molecule has 0 unspecified atom stereocenters. The molecule has 1 N–H and O–H groups in total. The topological polar surface area (TPSA) is 99.4 Å². The predicted molar refractivity (Wildman–Crippen MR) is 138 cm³/mol. The number of nitrogens with zero attached hydrogens (tertiary/aromatic N) is 4. The normalized spacial score (nSPS) is 11.4. The number of benzene rings is 2. The molecule has 0 aliphatic rings. The van der Waals surface area contributed by atoms with Crippen molar-refractivity contribution in [2.75, 3.05) is 7.11 Å². The molecule has 2 aromatic heterocycles. The van der Waals surface area contributed by atoms with Gasteiger partial charge in [-0.25, -0.2) is 9.97 Å². The highest BCUT2D eigenvalue weighted by molar-refractivity contribution is 6.31. The SMILES string of the molecule is COc1cccc(COc2nc(C)n(-c3cccc(-c4nc(C(C)(C)O)ncc4C)c3)c(=O)c2Cl)c1. The van der Waals surface area contributed by atoms with Gasteiger partial charge in [-0.3, -0.25) is 9.36 Å². The maximum absolute atomic E-state index is 13.3. The fourth-order valence-corrected chi connectivity index (χ4v) is 3.90. The van der Waals surface area contributed by atoms with Crippen molar-refractivity contribution >= 4 is 11.6 Å². The van der Waals surface area contributed by atoms with Crippen LogP contribution in [0.15, 0.2) is 59.5 Å². The van der Waals surface area contributed by atoms with Crippen LogP contribution >= 0.6 is 11.6 Å². The number of methoxy groups -OCH3 is 1. The van der Waals surface area contributed by atoms with E-state index in [1.807, 2.05) is 49.4 Å². The molecule has 0 fully saturated rings. The molecule has 0 saturated heterocycles. The van der Waals surface area contributed by atoms with Gasteiger partial charge >= 0.3 is 0 Å². The van der Waals surface area contributed by atoms with Gasteiger partial charge in [0.2, 0.25) is 5.88 Å². The van der Waals surface area contributed by atoms with Crippen LogP contribution in [0.3, 0.4) is 0 Å². The molecule has 0 radical (unpaired) electrons. The third kappa shape index (κ3) is 5.24. The summed E-state index contributed by atoms with van der Waals surface area (Å²) in [5, 5.41) is 10.2. The van der Waals surface area contributed by atoms with Crippen molar-refractivity contribution < 1.29 is 14.6 Å². The molecular formula is C27H27ClN4O4. The molecule has 0 aliphatic carbocycles. The third-order valence-electron chi connectivity index (χ3n) is 5.57. The molecule has 2 aromatic carbocycles. The highest BCUT2D eigenvalue weighted by Gasteiger charge is 2.22. The summed E-state index contributed by atoms with van der Waals surface area (Å²) in [5.74, 6) is 1.49. The van der Waals surface area contributed by atoms with Crippen LogP contribution in [0.5, 0.6) is 11.6 Å². The molecule has 4 aromatic rings. The lowest BCUT2D eigenvalue weighted by atomic mass is 10.0. The highest BCUT2D eigenvalue weighted by atomic mass is 35.5. The quantitative estimate of drug-likeness (QED) is 0.385. The Morgan fingerprint density at radius 1 is 1.08 bits per heavy atom. The molecule has 8 nitrogen and oxygen atoms in total. The van der Waals surface area contributed by atoms with Gasteiger partial charge in [0.25, 0.3) is 5.56 Å². The molecular weight excluding hydrogens is 480 g/mol. The van der Waals surface area contributed by atoms with E-state index in [9.17, 15) is 9.90 Å². The van der Waals surface area contributed by atoms with E-state index in [4.69, 9.17) is 21.1 Å². The monoisotopic (exact) mass is 506 g/mol. The van der Waals surface area contributed by atoms with Crippen LogP contribution < -0.4 is 15.0 Å². The molecule has 0 spiro atoms. The third-order valence-corrected chi connectivity index (χ3v) is 5.90. The molecule has 9 heteroatoms. The van der Waals surface area contributed by atoms with Crippen molar-refractivity contribution in [3.05, 3.63) is 92.9 Å². The van der Waals surface area contributed by atoms with Crippen molar-refractivity contribution in [3.8, 4) is 28.6 Å². The number of hydrogen-bond donors (Lipinski definition) is 1. The summed E-state index contributed by atoms with van der Waals surface area (Å²) in [6.45, 7) is 7.04. The van der Waals surface area contributed by atoms with Crippen molar-refractivity contribution in [1.29, 1.82) is 0 Å². The van der Waals surface area contributed by atoms with Crippen molar-refractivity contribution in [2.24, 2.45) is 0 Å². The fourth-order valence-electron chi connectivity index (χ4n) is 3.72. The number of aliphatic hydroxyl groups is 1. The molecule has 0 atom stereocenters. The van der Waals surface area contributed by atoms with E-state index in [2.05, 4.69) is 15.0 Å². The molecule has 0 saturated carbocycles. The average molecular weight is 507 g/mol. The molecule has 186 valence electrons. The number of aryl methyl sites for hydroxylation is 2. The first-order valence-electron chi connectivity index (χ1n) is 11.3. The maximum atomic E-state index is 13.3. The smallest absolute Gasteiger partial charge is 0.280 e. The van der Waals surface area contributed by atoms with E-state index >= 15 is 0 Å². The van der Waals surface area contributed by atoms with E-state index in [0.29, 0.717) is 28.8 Å². The average Bonchev–Trinajstić information content (AvgIpc) is 2.85. The van der Waals surface area contributed by atoms with Gasteiger partial charge in [-0.1, -0.05) is 35.9 Å². The summed E-state index contributed by atoms with van der Waals surface area (Å²) in [6, 6.07) is 14.7. The second-order valence-electron chi connectivity index (χ2n) is 8.89. The Morgan fingerprint density at radius 3 is 2.56 bits per heavy atom. The predicted octanol–water partition coefficient (Wildman–Crippen LogP) is 4.77. The largest absolute Gasteiger partial charge is 0.497 e. The number of halogens is 1. The lowest BCUT2D eigenvalue weighted by Crippen LogP contribution is -2.23. The summed E-state index contributed by atoms with van der Waals surface area (Å²) < 4.78 is 12.4. The first kappa shape index (κ1) is 25.3. The number of aromatic nitrogens is 4. The summed E-state index contributed by atoms with van der Waals surface area (Å²) >= 11 is 6.40. The summed E-state index contributed by atoms with van der Waals surface area (Å²) in [5.41, 5.74) is 2.05. The molecule has 2 heterocycles. The molecule has 36 heavy (non-hydrogen) atoms. The number of ether oxygens (including phenoxy) is 2. The van der Waals surface area contributed by atoms with Crippen LogP contribution in [0, 0.1) is 13.8 Å². The summed E-state index contributed by atoms with van der Waals surface area (Å²) in [6.07, 6.45) is 1.67. The van der Waals surface area contributed by atoms with Crippen LogP contribution in [0.2, 0.25) is 5.02 Å². The Balaban J connectivity index is 1.69. The second kappa shape index (κ2) is 10.1. The standard InChI is InChI=1S/C27H27ClN4O4/c1-16-14-29-26(27(3,4)34)31-23(16)19-9-7-10-20(13-19)32-17(2)30-24(22(28)25(32)33)36-15-18-8-6-11-21(12-18)35-5/h6-14,34H,15H2,1-5H3. The Labute approximate surface area is 214 Å². The van der Waals surface area contributed by atoms with Crippen LogP contribution in [0.4, 0.5) is 0 Å². The molecule has 0 amide bonds. The first-order chi connectivity index (χ1) is 17.1. The van der Waals surface area contributed by atoms with Gasteiger partial charge in [-0.15, -0.1) is 0 Å². The summed E-state index contributed by atoms with van der Waals surface area (Å²) in [4.78, 5) is 26.5. The van der Waals surface area contributed by atoms with Crippen LogP contribution in [-0.4, -0.2) is 31.7 Å². The van der Waals surface area contributed by atoms with E-state index in [1.54, 1.807) is 40.1 Å². The van der Waals surface area contributed by atoms with Gasteiger partial charge < -0.3 is 14.6 Å². The van der Waals surface area contributed by atoms with E-state index in [1.165, 1.54) is 4.57 Å². The van der Waals surface area contributed by atoms with Gasteiger partial charge in [0.1, 0.15) is 23.8 Å². The number of hydrogen-bond acceptors (Lipinski definition) is 7. The van der Waals surface area contributed by atoms with E-state index in [0.717, 1.165) is 16.7 Å². The van der Waals surface area contributed by atoms with Crippen molar-refractivity contribution in [3.63, 3.8) is 0 Å². The minimum atomic E-state index is -1.19. The first-order valence-corrected chi connectivity index (χ1v) is 11.7. The molecule has 0 bridgehead atoms. The molecule has 0 aliphatic heterocycles. The minimum Gasteiger partial charge on any atom is -0.497 e. The van der Waals surface area contributed by atoms with Gasteiger partial charge in [0, 0.05) is 11.8 Å². The Bertz CT molecular complexity index is 1480. The summed E-state index contributed by atoms with van der Waals surface area (Å²) in [7, 11) is 1.59. The van der Waals surface area contributed by atoms with Crippen molar-refractivity contribution in [2.45, 2.75) is 39.9 Å². The van der Waals surface area contributed by atoms with Crippen molar-refractivity contribution in [1.82, 2.24) is 19.5 Å². The van der Waals surface area contributed by atoms with Crippen LogP contribution in [0.25, 0.3) is 16.9 Å². The van der Waals surface area contributed by atoms with Crippen LogP contribution in [-0.2, 0) is 12.2 Å².